The predicted molar refractivity (Wildman–Crippen MR) is 79.3 cm³/mol. The van der Waals surface area contributed by atoms with E-state index in [1.165, 1.54) is 11.3 Å². The summed E-state index contributed by atoms with van der Waals surface area (Å²) in [5.74, 6) is 0.830. The van der Waals surface area contributed by atoms with Crippen molar-refractivity contribution in [1.29, 1.82) is 0 Å². The highest BCUT2D eigenvalue weighted by molar-refractivity contribution is 7.12. The minimum Gasteiger partial charge on any atom is -0.491 e. The molecule has 0 radical (unpaired) electrons. The zero-order valence-electron chi connectivity index (χ0n) is 11.5. The summed E-state index contributed by atoms with van der Waals surface area (Å²) in [6, 6.07) is 9.43. The van der Waals surface area contributed by atoms with Crippen molar-refractivity contribution in [3.8, 4) is 5.75 Å². The van der Waals surface area contributed by atoms with E-state index in [2.05, 4.69) is 6.92 Å². The van der Waals surface area contributed by atoms with Gasteiger partial charge in [0.15, 0.2) is 0 Å². The third-order valence-corrected chi connectivity index (χ3v) is 3.76. The molecule has 1 aromatic carbocycles. The van der Waals surface area contributed by atoms with E-state index in [9.17, 15) is 4.79 Å². The van der Waals surface area contributed by atoms with Gasteiger partial charge in [-0.25, -0.2) is 0 Å². The van der Waals surface area contributed by atoms with E-state index in [-0.39, 0.29) is 11.9 Å². The number of ketones is 1. The molecule has 0 aliphatic rings. The normalized spacial score (nSPS) is 10.7. The van der Waals surface area contributed by atoms with Crippen molar-refractivity contribution in [3.05, 3.63) is 51.7 Å². The first kappa shape index (κ1) is 13.8. The van der Waals surface area contributed by atoms with Gasteiger partial charge in [-0.15, -0.1) is 11.3 Å². The number of carbonyl (C=O) groups excluding carboxylic acids is 1. The summed E-state index contributed by atoms with van der Waals surface area (Å²) in [6.07, 6.45) is 0.991. The average Bonchev–Trinajstić information content (AvgIpc) is 2.85. The fraction of sp³-hybridized carbons (Fsp3) is 0.312. The highest BCUT2D eigenvalue weighted by Crippen LogP contribution is 2.23. The molecule has 0 aliphatic heterocycles. The van der Waals surface area contributed by atoms with Crippen LogP contribution >= 0.6 is 11.3 Å². The zero-order chi connectivity index (χ0) is 13.8. The van der Waals surface area contributed by atoms with Crippen molar-refractivity contribution >= 4 is 17.1 Å². The van der Waals surface area contributed by atoms with Gasteiger partial charge in [-0.1, -0.05) is 19.1 Å². The lowest BCUT2D eigenvalue weighted by atomic mass is 10.1. The number of rotatable bonds is 5. The second-order valence-corrected chi connectivity index (χ2v) is 5.57. The Balaban J connectivity index is 2.29. The molecule has 0 saturated heterocycles. The SMILES string of the molecule is CCc1ccsc1C(=O)c1cccc(OC(C)C)c1. The van der Waals surface area contributed by atoms with E-state index in [1.54, 1.807) is 0 Å². The maximum atomic E-state index is 12.5. The molecule has 0 fully saturated rings. The molecular formula is C16H18O2S. The van der Waals surface area contributed by atoms with Gasteiger partial charge in [0, 0.05) is 5.56 Å². The lowest BCUT2D eigenvalue weighted by Gasteiger charge is -2.10. The minimum atomic E-state index is 0.0843. The maximum absolute atomic E-state index is 12.5. The molecule has 0 spiro atoms. The molecule has 0 N–H and O–H groups in total. The molecule has 1 aromatic heterocycles. The standard InChI is InChI=1S/C16H18O2S/c1-4-12-8-9-19-16(12)15(17)13-6-5-7-14(10-13)18-11(2)3/h5-11H,4H2,1-3H3. The number of carbonyl (C=O) groups is 1. The van der Waals surface area contributed by atoms with E-state index >= 15 is 0 Å². The van der Waals surface area contributed by atoms with Crippen LogP contribution in [0.4, 0.5) is 0 Å². The molecule has 100 valence electrons. The largest absolute Gasteiger partial charge is 0.491 e. The van der Waals surface area contributed by atoms with Crippen LogP contribution in [0.2, 0.25) is 0 Å². The van der Waals surface area contributed by atoms with Crippen LogP contribution in [0.1, 0.15) is 41.6 Å². The third kappa shape index (κ3) is 3.24. The molecule has 0 saturated carbocycles. The number of hydrogen-bond acceptors (Lipinski definition) is 3. The fourth-order valence-electron chi connectivity index (χ4n) is 1.93. The Morgan fingerprint density at radius 2 is 2.11 bits per heavy atom. The van der Waals surface area contributed by atoms with Crippen LogP contribution in [-0.2, 0) is 6.42 Å². The van der Waals surface area contributed by atoms with Crippen molar-refractivity contribution in [1.82, 2.24) is 0 Å². The second kappa shape index (κ2) is 6.02. The summed E-state index contributed by atoms with van der Waals surface area (Å²) >= 11 is 1.51. The first-order chi connectivity index (χ1) is 9.11. The van der Waals surface area contributed by atoms with E-state index in [4.69, 9.17) is 4.74 Å². The molecular weight excluding hydrogens is 256 g/mol. The van der Waals surface area contributed by atoms with Crippen molar-refractivity contribution in [2.24, 2.45) is 0 Å². The van der Waals surface area contributed by atoms with Crippen molar-refractivity contribution < 1.29 is 9.53 Å². The van der Waals surface area contributed by atoms with Crippen LogP contribution < -0.4 is 4.74 Å². The highest BCUT2D eigenvalue weighted by Gasteiger charge is 2.15. The molecule has 2 rings (SSSR count). The van der Waals surface area contributed by atoms with E-state index in [0.717, 1.165) is 22.6 Å². The zero-order valence-corrected chi connectivity index (χ0v) is 12.3. The maximum Gasteiger partial charge on any atom is 0.203 e. The summed E-state index contributed by atoms with van der Waals surface area (Å²) < 4.78 is 5.63. The molecule has 0 amide bonds. The number of aryl methyl sites for hydroxylation is 1. The molecule has 0 atom stereocenters. The molecule has 0 bridgehead atoms. The second-order valence-electron chi connectivity index (χ2n) is 4.65. The van der Waals surface area contributed by atoms with Gasteiger partial charge in [0.1, 0.15) is 5.75 Å². The van der Waals surface area contributed by atoms with Gasteiger partial charge in [0.05, 0.1) is 11.0 Å². The Morgan fingerprint density at radius 1 is 1.32 bits per heavy atom. The van der Waals surface area contributed by atoms with Gasteiger partial charge in [-0.05, 0) is 49.4 Å². The summed E-state index contributed by atoms with van der Waals surface area (Å²) in [6.45, 7) is 6.02. The van der Waals surface area contributed by atoms with Gasteiger partial charge in [0.25, 0.3) is 0 Å². The van der Waals surface area contributed by atoms with Gasteiger partial charge in [-0.3, -0.25) is 4.79 Å². The number of ether oxygens (including phenoxy) is 1. The van der Waals surface area contributed by atoms with Crippen LogP contribution in [0, 0.1) is 0 Å². The Labute approximate surface area is 118 Å². The van der Waals surface area contributed by atoms with Gasteiger partial charge < -0.3 is 4.74 Å². The highest BCUT2D eigenvalue weighted by atomic mass is 32.1. The summed E-state index contributed by atoms with van der Waals surface area (Å²) in [7, 11) is 0. The third-order valence-electron chi connectivity index (χ3n) is 2.80. The molecule has 19 heavy (non-hydrogen) atoms. The summed E-state index contributed by atoms with van der Waals surface area (Å²) in [5, 5.41) is 1.97. The molecule has 0 aliphatic carbocycles. The Kier molecular flexibility index (Phi) is 4.38. The summed E-state index contributed by atoms with van der Waals surface area (Å²) in [5.41, 5.74) is 1.81. The lowest BCUT2D eigenvalue weighted by Crippen LogP contribution is -2.07. The van der Waals surface area contributed by atoms with Crippen LogP contribution in [-0.4, -0.2) is 11.9 Å². The minimum absolute atomic E-state index is 0.0843. The number of benzene rings is 1. The molecule has 1 heterocycles. The number of hydrogen-bond donors (Lipinski definition) is 0. The van der Waals surface area contributed by atoms with Crippen LogP contribution in [0.15, 0.2) is 35.7 Å². The monoisotopic (exact) mass is 274 g/mol. The predicted octanol–water partition coefficient (Wildman–Crippen LogP) is 4.33. The van der Waals surface area contributed by atoms with Crippen molar-refractivity contribution in [2.75, 3.05) is 0 Å². The van der Waals surface area contributed by atoms with Crippen LogP contribution in [0.5, 0.6) is 5.75 Å². The van der Waals surface area contributed by atoms with Gasteiger partial charge in [0.2, 0.25) is 5.78 Å². The van der Waals surface area contributed by atoms with Crippen LogP contribution in [0.25, 0.3) is 0 Å². The molecule has 2 aromatic rings. The number of thiophene rings is 1. The van der Waals surface area contributed by atoms with Gasteiger partial charge in [-0.2, -0.15) is 0 Å². The Hall–Kier alpha value is -1.61. The van der Waals surface area contributed by atoms with Crippen LogP contribution in [0.3, 0.4) is 0 Å². The lowest BCUT2D eigenvalue weighted by molar-refractivity contribution is 0.104. The smallest absolute Gasteiger partial charge is 0.203 e. The molecule has 2 nitrogen and oxygen atoms in total. The Morgan fingerprint density at radius 3 is 2.79 bits per heavy atom. The fourth-order valence-corrected chi connectivity index (χ4v) is 2.88. The van der Waals surface area contributed by atoms with Crippen molar-refractivity contribution in [2.45, 2.75) is 33.3 Å². The Bertz CT molecular complexity index is 570. The topological polar surface area (TPSA) is 26.3 Å². The first-order valence-electron chi connectivity index (χ1n) is 6.49. The average molecular weight is 274 g/mol. The van der Waals surface area contributed by atoms with E-state index < -0.39 is 0 Å². The van der Waals surface area contributed by atoms with Crippen molar-refractivity contribution in [3.63, 3.8) is 0 Å². The molecule has 0 unspecified atom stereocenters. The summed E-state index contributed by atoms with van der Waals surface area (Å²) in [4.78, 5) is 13.3. The van der Waals surface area contributed by atoms with E-state index in [1.807, 2.05) is 49.6 Å². The quantitative estimate of drug-likeness (QED) is 0.759. The first-order valence-corrected chi connectivity index (χ1v) is 7.37. The molecule has 3 heteroatoms. The van der Waals surface area contributed by atoms with E-state index in [0.29, 0.717) is 5.56 Å². The van der Waals surface area contributed by atoms with Gasteiger partial charge >= 0.3 is 0 Å².